The lowest BCUT2D eigenvalue weighted by Gasteiger charge is -2.18. The summed E-state index contributed by atoms with van der Waals surface area (Å²) in [5.41, 5.74) is 7.98. The van der Waals surface area contributed by atoms with E-state index in [2.05, 4.69) is 0 Å². The number of methoxy groups -OCH3 is 1. The monoisotopic (exact) mass is 236 g/mol. The second-order valence-electron chi connectivity index (χ2n) is 4.11. The molecule has 0 aliphatic heterocycles. The molecule has 0 atom stereocenters. The number of hydrogen-bond acceptors (Lipinski definition) is 3. The van der Waals surface area contributed by atoms with Crippen LogP contribution in [0.1, 0.15) is 22.3 Å². The van der Waals surface area contributed by atoms with Crippen LogP contribution in [0.15, 0.2) is 18.2 Å². The van der Waals surface area contributed by atoms with Gasteiger partial charge in [0.15, 0.2) is 0 Å². The third-order valence-electron chi connectivity index (χ3n) is 2.74. The van der Waals surface area contributed by atoms with Crippen molar-refractivity contribution in [3.05, 3.63) is 29.3 Å². The Balaban J connectivity index is 2.71. The van der Waals surface area contributed by atoms with Gasteiger partial charge in [-0.15, -0.1) is 0 Å². The number of nitrogens with two attached hydrogens (primary N) is 1. The summed E-state index contributed by atoms with van der Waals surface area (Å²) in [6.07, 6.45) is 0.824. The minimum Gasteiger partial charge on any atom is -0.398 e. The van der Waals surface area contributed by atoms with Crippen molar-refractivity contribution in [1.29, 1.82) is 0 Å². The van der Waals surface area contributed by atoms with E-state index in [1.807, 2.05) is 19.1 Å². The molecule has 0 aliphatic rings. The largest absolute Gasteiger partial charge is 0.398 e. The summed E-state index contributed by atoms with van der Waals surface area (Å²) in [6, 6.07) is 5.51. The molecule has 4 heteroatoms. The number of para-hydroxylation sites is 1. The number of anilines is 1. The summed E-state index contributed by atoms with van der Waals surface area (Å²) in [5.74, 6) is -0.0395. The van der Waals surface area contributed by atoms with Crippen LogP contribution in [0.3, 0.4) is 0 Å². The topological polar surface area (TPSA) is 55.6 Å². The molecule has 4 nitrogen and oxygen atoms in total. The van der Waals surface area contributed by atoms with E-state index in [1.165, 1.54) is 0 Å². The van der Waals surface area contributed by atoms with Crippen LogP contribution < -0.4 is 5.73 Å². The molecule has 0 heterocycles. The Labute approximate surface area is 102 Å². The highest BCUT2D eigenvalue weighted by Gasteiger charge is 2.14. The molecule has 1 aromatic rings. The molecular weight excluding hydrogens is 216 g/mol. The fraction of sp³-hybridized carbons (Fsp3) is 0.462. The lowest BCUT2D eigenvalue weighted by molar-refractivity contribution is 0.0780. The Morgan fingerprint density at radius 3 is 2.82 bits per heavy atom. The Kier molecular flexibility index (Phi) is 4.97. The molecule has 0 radical (unpaired) electrons. The molecule has 0 unspecified atom stereocenters. The van der Waals surface area contributed by atoms with Crippen LogP contribution in [-0.4, -0.2) is 38.1 Å². The molecule has 94 valence electrons. The predicted molar refractivity (Wildman–Crippen MR) is 69.0 cm³/mol. The van der Waals surface area contributed by atoms with Crippen LogP contribution in [-0.2, 0) is 4.74 Å². The first-order chi connectivity index (χ1) is 8.07. The number of hydrogen-bond donors (Lipinski definition) is 1. The van der Waals surface area contributed by atoms with Crippen molar-refractivity contribution >= 4 is 11.6 Å². The molecule has 17 heavy (non-hydrogen) atoms. The van der Waals surface area contributed by atoms with Crippen molar-refractivity contribution in [1.82, 2.24) is 4.90 Å². The molecule has 2 N–H and O–H groups in total. The van der Waals surface area contributed by atoms with Crippen LogP contribution >= 0.6 is 0 Å². The number of ether oxygens (including phenoxy) is 1. The van der Waals surface area contributed by atoms with E-state index in [9.17, 15) is 4.79 Å². The van der Waals surface area contributed by atoms with E-state index in [1.54, 1.807) is 25.1 Å². The van der Waals surface area contributed by atoms with Crippen LogP contribution in [0.2, 0.25) is 0 Å². The van der Waals surface area contributed by atoms with Gasteiger partial charge in [-0.25, -0.2) is 0 Å². The first-order valence-electron chi connectivity index (χ1n) is 5.67. The lowest BCUT2D eigenvalue weighted by Crippen LogP contribution is -2.29. The molecule has 0 aromatic heterocycles. The minimum absolute atomic E-state index is 0.0395. The molecule has 0 bridgehead atoms. The second-order valence-corrected chi connectivity index (χ2v) is 4.11. The Morgan fingerprint density at radius 1 is 1.47 bits per heavy atom. The van der Waals surface area contributed by atoms with Gasteiger partial charge in [0.25, 0.3) is 5.91 Å². The number of rotatable bonds is 5. The van der Waals surface area contributed by atoms with Gasteiger partial charge in [-0.05, 0) is 25.0 Å². The fourth-order valence-electron chi connectivity index (χ4n) is 1.62. The second kappa shape index (κ2) is 6.25. The number of carbonyl (C=O) groups excluding carboxylic acids is 1. The fourth-order valence-corrected chi connectivity index (χ4v) is 1.62. The van der Waals surface area contributed by atoms with E-state index < -0.39 is 0 Å². The average Bonchev–Trinajstić information content (AvgIpc) is 2.32. The van der Waals surface area contributed by atoms with E-state index >= 15 is 0 Å². The lowest BCUT2D eigenvalue weighted by atomic mass is 10.1. The van der Waals surface area contributed by atoms with Gasteiger partial charge in [-0.2, -0.15) is 0 Å². The zero-order valence-electron chi connectivity index (χ0n) is 10.7. The number of aryl methyl sites for hydroxylation is 1. The van der Waals surface area contributed by atoms with Crippen molar-refractivity contribution in [2.75, 3.05) is 33.0 Å². The van der Waals surface area contributed by atoms with Gasteiger partial charge in [0.2, 0.25) is 0 Å². The Hall–Kier alpha value is -1.55. The maximum Gasteiger partial charge on any atom is 0.255 e. The first kappa shape index (κ1) is 13.5. The van der Waals surface area contributed by atoms with Crippen LogP contribution in [0.25, 0.3) is 0 Å². The summed E-state index contributed by atoms with van der Waals surface area (Å²) >= 11 is 0. The van der Waals surface area contributed by atoms with Crippen LogP contribution in [0, 0.1) is 6.92 Å². The number of carbonyl (C=O) groups is 1. The predicted octanol–water partition coefficient (Wildman–Crippen LogP) is 1.69. The van der Waals surface area contributed by atoms with Crippen molar-refractivity contribution < 1.29 is 9.53 Å². The Bertz CT molecular complexity index is 391. The molecule has 0 fully saturated rings. The van der Waals surface area contributed by atoms with E-state index in [0.717, 1.165) is 12.0 Å². The average molecular weight is 236 g/mol. The molecule has 0 saturated heterocycles. The standard InChI is InChI=1S/C13H20N2O2/c1-10-6-4-7-11(12(10)14)13(16)15(2)8-5-9-17-3/h4,6-7H,5,8-9,14H2,1-3H3. The number of nitrogens with zero attached hydrogens (tertiary/aromatic N) is 1. The molecule has 1 rings (SSSR count). The van der Waals surface area contributed by atoms with Crippen LogP contribution in [0.4, 0.5) is 5.69 Å². The summed E-state index contributed by atoms with van der Waals surface area (Å²) in [7, 11) is 3.43. The zero-order valence-corrected chi connectivity index (χ0v) is 10.7. The van der Waals surface area contributed by atoms with Crippen molar-refractivity contribution in [2.45, 2.75) is 13.3 Å². The third kappa shape index (κ3) is 3.46. The summed E-state index contributed by atoms with van der Waals surface area (Å²) in [5, 5.41) is 0. The summed E-state index contributed by atoms with van der Waals surface area (Å²) < 4.78 is 4.96. The van der Waals surface area contributed by atoms with Crippen molar-refractivity contribution in [2.24, 2.45) is 0 Å². The summed E-state index contributed by atoms with van der Waals surface area (Å²) in [6.45, 7) is 3.22. The molecular formula is C13H20N2O2. The first-order valence-corrected chi connectivity index (χ1v) is 5.67. The molecule has 0 aliphatic carbocycles. The quantitative estimate of drug-likeness (QED) is 0.625. The molecule has 0 saturated carbocycles. The van der Waals surface area contributed by atoms with Crippen LogP contribution in [0.5, 0.6) is 0 Å². The SMILES string of the molecule is COCCCN(C)C(=O)c1cccc(C)c1N. The summed E-state index contributed by atoms with van der Waals surface area (Å²) in [4.78, 5) is 13.8. The maximum absolute atomic E-state index is 12.1. The van der Waals surface area contributed by atoms with Gasteiger partial charge in [0.05, 0.1) is 5.56 Å². The van der Waals surface area contributed by atoms with Gasteiger partial charge < -0.3 is 15.4 Å². The van der Waals surface area contributed by atoms with Crippen molar-refractivity contribution in [3.8, 4) is 0 Å². The van der Waals surface area contributed by atoms with Gasteiger partial charge in [0, 0.05) is 33.0 Å². The molecule has 0 spiro atoms. The van der Waals surface area contributed by atoms with Gasteiger partial charge in [-0.1, -0.05) is 12.1 Å². The minimum atomic E-state index is -0.0395. The van der Waals surface area contributed by atoms with Gasteiger partial charge >= 0.3 is 0 Å². The normalized spacial score (nSPS) is 10.3. The number of nitrogen functional groups attached to an aromatic ring is 1. The van der Waals surface area contributed by atoms with E-state index in [4.69, 9.17) is 10.5 Å². The van der Waals surface area contributed by atoms with E-state index in [0.29, 0.717) is 24.4 Å². The Morgan fingerprint density at radius 2 is 2.18 bits per heavy atom. The van der Waals surface area contributed by atoms with Gasteiger partial charge in [-0.3, -0.25) is 4.79 Å². The highest BCUT2D eigenvalue weighted by molar-refractivity contribution is 5.99. The van der Waals surface area contributed by atoms with Crippen molar-refractivity contribution in [3.63, 3.8) is 0 Å². The maximum atomic E-state index is 12.1. The molecule has 1 amide bonds. The highest BCUT2D eigenvalue weighted by Crippen LogP contribution is 2.17. The molecule has 1 aromatic carbocycles. The van der Waals surface area contributed by atoms with Gasteiger partial charge in [0.1, 0.15) is 0 Å². The number of benzene rings is 1. The number of amides is 1. The van der Waals surface area contributed by atoms with E-state index in [-0.39, 0.29) is 5.91 Å². The highest BCUT2D eigenvalue weighted by atomic mass is 16.5. The zero-order chi connectivity index (χ0) is 12.8. The smallest absolute Gasteiger partial charge is 0.255 e. The third-order valence-corrected chi connectivity index (χ3v) is 2.74.